The number of benzene rings is 1. The van der Waals surface area contributed by atoms with Crippen LogP contribution in [0.4, 0.5) is 0 Å². The van der Waals surface area contributed by atoms with Crippen molar-refractivity contribution in [3.8, 4) is 0 Å². The molecule has 0 saturated carbocycles. The second kappa shape index (κ2) is 4.63. The average molecular weight is 251 g/mol. The number of pyridine rings is 1. The molecule has 0 unspecified atom stereocenters. The Balaban J connectivity index is 2.12. The SMILES string of the molecule is C=C[C@]1(O)c2ccccc2CC[C@@H]1c1cccnc1. The van der Waals surface area contributed by atoms with Crippen LogP contribution in [0.25, 0.3) is 0 Å². The summed E-state index contributed by atoms with van der Waals surface area (Å²) in [5.41, 5.74) is 2.26. The minimum absolute atomic E-state index is 0.0219. The van der Waals surface area contributed by atoms with Gasteiger partial charge in [-0.15, -0.1) is 0 Å². The fourth-order valence-electron chi connectivity index (χ4n) is 3.09. The maximum Gasteiger partial charge on any atom is 0.115 e. The molecule has 96 valence electrons. The largest absolute Gasteiger partial charge is 0.380 e. The molecule has 1 aliphatic carbocycles. The maximum absolute atomic E-state index is 11.1. The minimum atomic E-state index is -1.00. The predicted molar refractivity (Wildman–Crippen MR) is 75.8 cm³/mol. The van der Waals surface area contributed by atoms with E-state index in [4.69, 9.17) is 0 Å². The van der Waals surface area contributed by atoms with Gasteiger partial charge in [-0.2, -0.15) is 0 Å². The van der Waals surface area contributed by atoms with Gasteiger partial charge >= 0.3 is 0 Å². The van der Waals surface area contributed by atoms with E-state index >= 15 is 0 Å². The van der Waals surface area contributed by atoms with Crippen molar-refractivity contribution in [2.75, 3.05) is 0 Å². The summed E-state index contributed by atoms with van der Waals surface area (Å²) in [5, 5.41) is 11.1. The third-order valence-corrected chi connectivity index (χ3v) is 4.08. The third kappa shape index (κ3) is 1.89. The second-order valence-corrected chi connectivity index (χ2v) is 5.06. The highest BCUT2D eigenvalue weighted by molar-refractivity contribution is 5.42. The summed E-state index contributed by atoms with van der Waals surface area (Å²) in [4.78, 5) is 4.17. The van der Waals surface area contributed by atoms with E-state index in [2.05, 4.69) is 17.6 Å². The molecule has 0 saturated heterocycles. The number of hydrogen-bond donors (Lipinski definition) is 1. The standard InChI is InChI=1S/C17H17NO/c1-2-17(19)15-8-4-3-6-13(15)9-10-16(17)14-7-5-11-18-12-14/h2-8,11-12,16,19H,1,9-10H2/t16-,17+/m1/s1. The summed E-state index contributed by atoms with van der Waals surface area (Å²) in [7, 11) is 0. The van der Waals surface area contributed by atoms with E-state index in [0.717, 1.165) is 24.0 Å². The van der Waals surface area contributed by atoms with E-state index in [1.54, 1.807) is 12.3 Å². The lowest BCUT2D eigenvalue weighted by Crippen LogP contribution is -2.36. The smallest absolute Gasteiger partial charge is 0.115 e. The van der Waals surface area contributed by atoms with Gasteiger partial charge in [0.15, 0.2) is 0 Å². The molecule has 0 spiro atoms. The van der Waals surface area contributed by atoms with Crippen molar-refractivity contribution < 1.29 is 5.11 Å². The van der Waals surface area contributed by atoms with E-state index in [9.17, 15) is 5.11 Å². The van der Waals surface area contributed by atoms with Crippen molar-refractivity contribution in [2.45, 2.75) is 24.4 Å². The number of aryl methyl sites for hydroxylation is 1. The van der Waals surface area contributed by atoms with Crippen LogP contribution >= 0.6 is 0 Å². The molecule has 3 rings (SSSR count). The molecule has 1 N–H and O–H groups in total. The van der Waals surface area contributed by atoms with E-state index in [-0.39, 0.29) is 5.92 Å². The monoisotopic (exact) mass is 251 g/mol. The van der Waals surface area contributed by atoms with Crippen molar-refractivity contribution in [3.63, 3.8) is 0 Å². The second-order valence-electron chi connectivity index (χ2n) is 5.06. The van der Waals surface area contributed by atoms with Gasteiger partial charge in [0.25, 0.3) is 0 Å². The molecular weight excluding hydrogens is 234 g/mol. The number of rotatable bonds is 2. The van der Waals surface area contributed by atoms with Gasteiger partial charge in [-0.05, 0) is 35.6 Å². The molecule has 0 bridgehead atoms. The Morgan fingerprint density at radius 1 is 1.26 bits per heavy atom. The van der Waals surface area contributed by atoms with E-state index in [0.29, 0.717) is 0 Å². The number of aromatic nitrogens is 1. The lowest BCUT2D eigenvalue weighted by Gasteiger charge is -2.39. The Morgan fingerprint density at radius 3 is 2.84 bits per heavy atom. The molecule has 2 nitrogen and oxygen atoms in total. The van der Waals surface area contributed by atoms with Crippen molar-refractivity contribution in [3.05, 3.63) is 78.1 Å². The summed E-state index contributed by atoms with van der Waals surface area (Å²) in [6, 6.07) is 12.0. The van der Waals surface area contributed by atoms with Crippen LogP contribution in [-0.2, 0) is 12.0 Å². The van der Waals surface area contributed by atoms with Gasteiger partial charge in [-0.3, -0.25) is 4.98 Å². The van der Waals surface area contributed by atoms with Crippen LogP contribution in [0.3, 0.4) is 0 Å². The fraction of sp³-hybridized carbons (Fsp3) is 0.235. The normalized spacial score (nSPS) is 25.6. The van der Waals surface area contributed by atoms with Gasteiger partial charge in [0.1, 0.15) is 5.60 Å². The van der Waals surface area contributed by atoms with Crippen LogP contribution < -0.4 is 0 Å². The van der Waals surface area contributed by atoms with Crippen molar-refractivity contribution in [1.29, 1.82) is 0 Å². The van der Waals surface area contributed by atoms with Gasteiger partial charge in [-0.25, -0.2) is 0 Å². The molecule has 2 atom stereocenters. The van der Waals surface area contributed by atoms with Crippen LogP contribution in [-0.4, -0.2) is 10.1 Å². The van der Waals surface area contributed by atoms with E-state index < -0.39 is 5.60 Å². The molecule has 2 heteroatoms. The quantitative estimate of drug-likeness (QED) is 0.831. The fourth-order valence-corrected chi connectivity index (χ4v) is 3.09. The number of nitrogens with zero attached hydrogens (tertiary/aromatic N) is 1. The van der Waals surface area contributed by atoms with Crippen LogP contribution in [0, 0.1) is 0 Å². The third-order valence-electron chi connectivity index (χ3n) is 4.08. The summed E-state index contributed by atoms with van der Waals surface area (Å²) in [6.45, 7) is 3.86. The molecule has 1 aliphatic rings. The highest BCUT2D eigenvalue weighted by Crippen LogP contribution is 2.45. The Morgan fingerprint density at radius 2 is 2.11 bits per heavy atom. The minimum Gasteiger partial charge on any atom is -0.380 e. The molecule has 1 aromatic heterocycles. The van der Waals surface area contributed by atoms with E-state index in [1.165, 1.54) is 5.56 Å². The summed E-state index contributed by atoms with van der Waals surface area (Å²) in [5.74, 6) is 0.0219. The molecule has 0 aliphatic heterocycles. The topological polar surface area (TPSA) is 33.1 Å². The van der Waals surface area contributed by atoms with Gasteiger partial charge < -0.3 is 5.11 Å². The zero-order valence-electron chi connectivity index (χ0n) is 10.8. The summed E-state index contributed by atoms with van der Waals surface area (Å²) in [6.07, 6.45) is 7.15. The average Bonchev–Trinajstić information content (AvgIpc) is 2.49. The van der Waals surface area contributed by atoms with Gasteiger partial charge in [0.05, 0.1) is 0 Å². The number of fused-ring (bicyclic) bond motifs is 1. The molecule has 0 amide bonds. The molecule has 0 fully saturated rings. The highest BCUT2D eigenvalue weighted by atomic mass is 16.3. The Bertz CT molecular complexity index is 593. The maximum atomic E-state index is 11.1. The van der Waals surface area contributed by atoms with E-state index in [1.807, 2.05) is 36.5 Å². The molecule has 1 heterocycles. The van der Waals surface area contributed by atoms with Crippen LogP contribution in [0.15, 0.2) is 61.4 Å². The molecule has 2 aromatic rings. The van der Waals surface area contributed by atoms with Crippen LogP contribution in [0.2, 0.25) is 0 Å². The first-order chi connectivity index (χ1) is 9.25. The zero-order chi connectivity index (χ0) is 13.3. The number of hydrogen-bond acceptors (Lipinski definition) is 2. The Labute approximate surface area is 113 Å². The Kier molecular flexibility index (Phi) is 2.96. The van der Waals surface area contributed by atoms with Crippen LogP contribution in [0.5, 0.6) is 0 Å². The lowest BCUT2D eigenvalue weighted by molar-refractivity contribution is 0.0467. The highest BCUT2D eigenvalue weighted by Gasteiger charge is 2.40. The molecule has 0 radical (unpaired) electrons. The van der Waals surface area contributed by atoms with Crippen molar-refractivity contribution in [2.24, 2.45) is 0 Å². The zero-order valence-corrected chi connectivity index (χ0v) is 10.8. The summed E-state index contributed by atoms with van der Waals surface area (Å²) < 4.78 is 0. The first-order valence-corrected chi connectivity index (χ1v) is 6.60. The van der Waals surface area contributed by atoms with Gasteiger partial charge in [-0.1, -0.05) is 43.0 Å². The Hall–Kier alpha value is -1.93. The predicted octanol–water partition coefficient (Wildman–Crippen LogP) is 3.19. The van der Waals surface area contributed by atoms with Gasteiger partial charge in [0.2, 0.25) is 0 Å². The van der Waals surface area contributed by atoms with Crippen molar-refractivity contribution >= 4 is 0 Å². The molecular formula is C17H17NO. The lowest BCUT2D eigenvalue weighted by atomic mass is 9.69. The first kappa shape index (κ1) is 12.1. The molecule has 19 heavy (non-hydrogen) atoms. The first-order valence-electron chi connectivity index (χ1n) is 6.60. The van der Waals surface area contributed by atoms with Gasteiger partial charge in [0, 0.05) is 18.3 Å². The molecule has 1 aromatic carbocycles. The van der Waals surface area contributed by atoms with Crippen molar-refractivity contribution in [1.82, 2.24) is 4.98 Å². The summed E-state index contributed by atoms with van der Waals surface area (Å²) >= 11 is 0. The van der Waals surface area contributed by atoms with Crippen LogP contribution in [0.1, 0.15) is 29.0 Å². The number of aliphatic hydroxyl groups is 1.